The van der Waals surface area contributed by atoms with Crippen LogP contribution >= 0.6 is 11.3 Å². The van der Waals surface area contributed by atoms with Crippen molar-refractivity contribution in [1.82, 2.24) is 0 Å². The summed E-state index contributed by atoms with van der Waals surface area (Å²) < 4.78 is 38.3. The van der Waals surface area contributed by atoms with Crippen LogP contribution in [0.2, 0.25) is 0 Å². The van der Waals surface area contributed by atoms with E-state index in [1.807, 2.05) is 0 Å². The topological polar surface area (TPSA) is 54.4 Å². The predicted molar refractivity (Wildman–Crippen MR) is 67.1 cm³/mol. The number of halogens is 3. The van der Waals surface area contributed by atoms with Crippen LogP contribution in [0.15, 0.2) is 30.3 Å². The van der Waals surface area contributed by atoms with Crippen LogP contribution in [0.1, 0.15) is 25.6 Å². The molecule has 104 valence electrons. The first-order chi connectivity index (χ1) is 9.31. The Bertz CT molecular complexity index is 674. The zero-order valence-corrected chi connectivity index (χ0v) is 10.6. The maximum absolute atomic E-state index is 12.8. The quantitative estimate of drug-likeness (QED) is 0.873. The van der Waals surface area contributed by atoms with Crippen LogP contribution in [-0.4, -0.2) is 17.4 Å². The van der Waals surface area contributed by atoms with Crippen molar-refractivity contribution in [3.8, 4) is 10.4 Å². The van der Waals surface area contributed by atoms with Gasteiger partial charge in [-0.15, -0.1) is 11.3 Å². The fraction of sp³-hybridized carbons (Fsp3) is 0.0769. The SMILES string of the molecule is O=Cc1ccc(-c2cc(C(=O)O)cc(C(F)(F)F)c2)s1. The van der Waals surface area contributed by atoms with E-state index in [9.17, 15) is 22.8 Å². The molecular weight excluding hydrogens is 293 g/mol. The minimum absolute atomic E-state index is 0.121. The maximum atomic E-state index is 12.8. The highest BCUT2D eigenvalue weighted by molar-refractivity contribution is 7.17. The molecule has 0 amide bonds. The van der Waals surface area contributed by atoms with Gasteiger partial charge in [0.2, 0.25) is 0 Å². The number of alkyl halides is 3. The van der Waals surface area contributed by atoms with Crippen LogP contribution < -0.4 is 0 Å². The van der Waals surface area contributed by atoms with E-state index in [2.05, 4.69) is 0 Å². The zero-order chi connectivity index (χ0) is 14.9. The van der Waals surface area contributed by atoms with Crippen molar-refractivity contribution in [3.63, 3.8) is 0 Å². The normalized spacial score (nSPS) is 11.3. The molecule has 0 radical (unpaired) electrons. The Morgan fingerprint density at radius 3 is 2.40 bits per heavy atom. The second-order valence-corrected chi connectivity index (χ2v) is 5.04. The molecule has 1 N–H and O–H groups in total. The molecule has 2 rings (SSSR count). The Morgan fingerprint density at radius 1 is 1.20 bits per heavy atom. The average molecular weight is 300 g/mol. The number of aromatic carboxylic acids is 1. The van der Waals surface area contributed by atoms with Gasteiger partial charge in [0.1, 0.15) is 0 Å². The summed E-state index contributed by atoms with van der Waals surface area (Å²) in [5, 5.41) is 8.88. The van der Waals surface area contributed by atoms with Gasteiger partial charge in [-0.1, -0.05) is 0 Å². The van der Waals surface area contributed by atoms with Gasteiger partial charge in [0.25, 0.3) is 0 Å². The number of carbonyl (C=O) groups is 2. The van der Waals surface area contributed by atoms with Gasteiger partial charge in [-0.2, -0.15) is 13.2 Å². The van der Waals surface area contributed by atoms with Crippen LogP contribution in [0.3, 0.4) is 0 Å². The molecule has 20 heavy (non-hydrogen) atoms. The Hall–Kier alpha value is -2.15. The van der Waals surface area contributed by atoms with Crippen molar-refractivity contribution < 1.29 is 27.9 Å². The summed E-state index contributed by atoms with van der Waals surface area (Å²) in [5.74, 6) is -1.44. The Morgan fingerprint density at radius 2 is 1.90 bits per heavy atom. The third-order valence-corrected chi connectivity index (χ3v) is 3.59. The molecule has 0 unspecified atom stereocenters. The van der Waals surface area contributed by atoms with Crippen molar-refractivity contribution in [2.45, 2.75) is 6.18 Å². The summed E-state index contributed by atoms with van der Waals surface area (Å²) >= 11 is 0.997. The molecule has 0 atom stereocenters. The molecule has 0 spiro atoms. The van der Waals surface area contributed by atoms with Crippen LogP contribution in [0.5, 0.6) is 0 Å². The largest absolute Gasteiger partial charge is 0.478 e. The van der Waals surface area contributed by atoms with E-state index in [-0.39, 0.29) is 5.56 Å². The molecule has 0 fully saturated rings. The number of rotatable bonds is 3. The van der Waals surface area contributed by atoms with Crippen molar-refractivity contribution in [2.75, 3.05) is 0 Å². The molecule has 0 aliphatic heterocycles. The standard InChI is InChI=1S/C13H7F3O3S/c14-13(15,16)9-4-7(3-8(5-9)12(18)19)11-2-1-10(6-17)20-11/h1-6H,(H,18,19). The minimum Gasteiger partial charge on any atom is -0.478 e. The van der Waals surface area contributed by atoms with Gasteiger partial charge in [0.05, 0.1) is 16.0 Å². The summed E-state index contributed by atoms with van der Waals surface area (Å²) in [7, 11) is 0. The summed E-state index contributed by atoms with van der Waals surface area (Å²) in [5.41, 5.74) is -1.36. The summed E-state index contributed by atoms with van der Waals surface area (Å²) in [6.45, 7) is 0. The molecule has 3 nitrogen and oxygen atoms in total. The van der Waals surface area contributed by atoms with Gasteiger partial charge < -0.3 is 5.11 Å². The van der Waals surface area contributed by atoms with Gasteiger partial charge in [0, 0.05) is 4.88 Å². The van der Waals surface area contributed by atoms with Crippen molar-refractivity contribution in [3.05, 3.63) is 46.3 Å². The van der Waals surface area contributed by atoms with Crippen molar-refractivity contribution >= 4 is 23.6 Å². The molecular formula is C13H7F3O3S. The number of hydrogen-bond acceptors (Lipinski definition) is 3. The van der Waals surface area contributed by atoms with Gasteiger partial charge in [-0.3, -0.25) is 4.79 Å². The van der Waals surface area contributed by atoms with E-state index < -0.39 is 23.3 Å². The minimum atomic E-state index is -4.63. The van der Waals surface area contributed by atoms with Crippen molar-refractivity contribution in [2.24, 2.45) is 0 Å². The summed E-state index contributed by atoms with van der Waals surface area (Å²) in [4.78, 5) is 22.3. The molecule has 0 saturated carbocycles. The highest BCUT2D eigenvalue weighted by Gasteiger charge is 2.32. The molecule has 1 aromatic heterocycles. The fourth-order valence-electron chi connectivity index (χ4n) is 1.63. The molecule has 0 saturated heterocycles. The lowest BCUT2D eigenvalue weighted by Gasteiger charge is -2.09. The van der Waals surface area contributed by atoms with Crippen LogP contribution in [0, 0.1) is 0 Å². The lowest BCUT2D eigenvalue weighted by molar-refractivity contribution is -0.137. The zero-order valence-electron chi connectivity index (χ0n) is 9.77. The predicted octanol–water partition coefficient (Wildman–Crippen LogP) is 3.94. The van der Waals surface area contributed by atoms with E-state index in [0.29, 0.717) is 22.1 Å². The van der Waals surface area contributed by atoms with Gasteiger partial charge in [0.15, 0.2) is 6.29 Å². The highest BCUT2D eigenvalue weighted by atomic mass is 32.1. The number of thiophene rings is 1. The van der Waals surface area contributed by atoms with Gasteiger partial charge in [-0.05, 0) is 35.9 Å². The summed E-state index contributed by atoms with van der Waals surface area (Å²) in [6.07, 6.45) is -4.05. The number of carboxylic acid groups (broad SMARTS) is 1. The van der Waals surface area contributed by atoms with E-state index in [1.54, 1.807) is 0 Å². The Balaban J connectivity index is 2.60. The van der Waals surface area contributed by atoms with Gasteiger partial charge >= 0.3 is 12.1 Å². The van der Waals surface area contributed by atoms with Crippen LogP contribution in [0.4, 0.5) is 13.2 Å². The van der Waals surface area contributed by atoms with E-state index in [1.165, 1.54) is 12.1 Å². The lowest BCUT2D eigenvalue weighted by atomic mass is 10.0. The lowest BCUT2D eigenvalue weighted by Crippen LogP contribution is -2.07. The second kappa shape index (κ2) is 5.09. The van der Waals surface area contributed by atoms with Crippen LogP contribution in [-0.2, 0) is 6.18 Å². The fourth-order valence-corrected chi connectivity index (χ4v) is 2.44. The van der Waals surface area contributed by atoms with Gasteiger partial charge in [-0.25, -0.2) is 4.79 Å². The third-order valence-electron chi connectivity index (χ3n) is 2.53. The first kappa shape index (κ1) is 14.3. The number of carbonyl (C=O) groups excluding carboxylic acids is 1. The number of hydrogen-bond donors (Lipinski definition) is 1. The smallest absolute Gasteiger partial charge is 0.416 e. The van der Waals surface area contributed by atoms with Crippen LogP contribution in [0.25, 0.3) is 10.4 Å². The number of benzene rings is 1. The Labute approximate surface area is 115 Å². The number of aldehydes is 1. The maximum Gasteiger partial charge on any atom is 0.416 e. The van der Waals surface area contributed by atoms with E-state index in [4.69, 9.17) is 5.11 Å². The molecule has 1 aromatic carbocycles. The molecule has 0 aliphatic carbocycles. The van der Waals surface area contributed by atoms with Crippen molar-refractivity contribution in [1.29, 1.82) is 0 Å². The first-order valence-corrected chi connectivity index (χ1v) is 6.14. The van der Waals surface area contributed by atoms with E-state index >= 15 is 0 Å². The monoisotopic (exact) mass is 300 g/mol. The molecule has 1 heterocycles. The summed E-state index contributed by atoms with van der Waals surface area (Å²) in [6, 6.07) is 5.55. The van der Waals surface area contributed by atoms with E-state index in [0.717, 1.165) is 23.5 Å². The highest BCUT2D eigenvalue weighted by Crippen LogP contribution is 2.35. The first-order valence-electron chi connectivity index (χ1n) is 5.32. The molecule has 2 aromatic rings. The molecule has 0 aliphatic rings. The second-order valence-electron chi connectivity index (χ2n) is 3.92. The Kier molecular flexibility index (Phi) is 3.63. The molecule has 0 bridgehead atoms. The average Bonchev–Trinajstić information content (AvgIpc) is 2.86. The third kappa shape index (κ3) is 2.88. The number of carboxylic acids is 1. The molecule has 7 heteroatoms.